The van der Waals surface area contributed by atoms with Gasteiger partial charge < -0.3 is 10.1 Å². The molecule has 0 aliphatic carbocycles. The molecule has 0 bridgehead atoms. The Labute approximate surface area is 170 Å². The first kappa shape index (κ1) is 19.2. The van der Waals surface area contributed by atoms with E-state index in [-0.39, 0.29) is 29.7 Å². The van der Waals surface area contributed by atoms with Crippen molar-refractivity contribution >= 4 is 34.9 Å². The Bertz CT molecular complexity index is 981. The van der Waals surface area contributed by atoms with Crippen LogP contribution in [0.4, 0.5) is 9.18 Å². The number of rotatable bonds is 5. The molecule has 2 heterocycles. The number of ether oxygens (including phenoxy) is 1. The topological polar surface area (TPSA) is 75.7 Å². The largest absolute Gasteiger partial charge is 0.480 e. The first-order valence-electron chi connectivity index (χ1n) is 9.04. The Morgan fingerprint density at radius 2 is 1.97 bits per heavy atom. The predicted octanol–water partition coefficient (Wildman–Crippen LogP) is 2.98. The van der Waals surface area contributed by atoms with E-state index >= 15 is 0 Å². The van der Waals surface area contributed by atoms with Crippen LogP contribution in [0.15, 0.2) is 53.4 Å². The van der Waals surface area contributed by atoms with Crippen LogP contribution in [0.2, 0.25) is 0 Å². The van der Waals surface area contributed by atoms with Gasteiger partial charge in [-0.1, -0.05) is 30.3 Å². The molecule has 3 amide bonds. The molecule has 0 radical (unpaired) electrons. The molecule has 2 aliphatic heterocycles. The average Bonchev–Trinajstić information content (AvgIpc) is 3.26. The molecule has 8 heteroatoms. The van der Waals surface area contributed by atoms with Crippen molar-refractivity contribution in [2.75, 3.05) is 13.1 Å². The van der Waals surface area contributed by atoms with Gasteiger partial charge in [-0.15, -0.1) is 0 Å². The quantitative estimate of drug-likeness (QED) is 0.765. The van der Waals surface area contributed by atoms with Gasteiger partial charge in [0, 0.05) is 19.5 Å². The summed E-state index contributed by atoms with van der Waals surface area (Å²) in [4.78, 5) is 38.3. The molecule has 1 fully saturated rings. The van der Waals surface area contributed by atoms with Gasteiger partial charge in [-0.05, 0) is 47.2 Å². The van der Waals surface area contributed by atoms with Crippen molar-refractivity contribution in [3.63, 3.8) is 0 Å². The molecule has 0 saturated carbocycles. The Morgan fingerprint density at radius 3 is 2.72 bits per heavy atom. The Balaban J connectivity index is 1.31. The van der Waals surface area contributed by atoms with Crippen LogP contribution < -0.4 is 10.1 Å². The average molecular weight is 412 g/mol. The number of para-hydroxylation sites is 1. The highest BCUT2D eigenvalue weighted by Gasteiger charge is 2.35. The minimum Gasteiger partial charge on any atom is -0.480 e. The summed E-state index contributed by atoms with van der Waals surface area (Å²) in [5.74, 6) is -0.386. The molecular weight excluding hydrogens is 395 g/mol. The first-order chi connectivity index (χ1) is 14.0. The number of nitrogens with one attached hydrogen (secondary N) is 1. The van der Waals surface area contributed by atoms with E-state index in [4.69, 9.17) is 4.74 Å². The summed E-state index contributed by atoms with van der Waals surface area (Å²) in [5.41, 5.74) is 1.60. The fourth-order valence-corrected chi connectivity index (χ4v) is 4.00. The number of carbonyl (C=O) groups is 3. The number of imide groups is 1. The normalized spacial score (nSPS) is 19.4. The van der Waals surface area contributed by atoms with E-state index in [2.05, 4.69) is 5.32 Å². The molecule has 1 saturated heterocycles. The molecule has 29 heavy (non-hydrogen) atoms. The lowest BCUT2D eigenvalue weighted by molar-refractivity contribution is -0.128. The van der Waals surface area contributed by atoms with E-state index in [1.54, 1.807) is 6.08 Å². The second kappa shape index (κ2) is 8.08. The lowest BCUT2D eigenvalue weighted by Crippen LogP contribution is -2.42. The van der Waals surface area contributed by atoms with Crippen LogP contribution in [0.5, 0.6) is 5.75 Å². The number of carbonyl (C=O) groups excluding carboxylic acids is 3. The molecule has 0 aromatic heterocycles. The molecule has 148 valence electrons. The SMILES string of the molecule is O=C(NCCN1C(=O)S/C(=C\c2ccc(F)cc2)C1=O)C1Cc2ccccc2O1. The predicted molar refractivity (Wildman–Crippen MR) is 107 cm³/mol. The zero-order chi connectivity index (χ0) is 20.4. The number of fused-ring (bicyclic) bond motifs is 1. The Hall–Kier alpha value is -3.13. The Kier molecular flexibility index (Phi) is 5.35. The molecule has 1 N–H and O–H groups in total. The van der Waals surface area contributed by atoms with Gasteiger partial charge in [0.1, 0.15) is 11.6 Å². The molecule has 0 spiro atoms. The lowest BCUT2D eigenvalue weighted by Gasteiger charge is -2.15. The van der Waals surface area contributed by atoms with Crippen LogP contribution in [0, 0.1) is 5.82 Å². The summed E-state index contributed by atoms with van der Waals surface area (Å²) in [6.07, 6.45) is 1.43. The fraction of sp³-hybridized carbons (Fsp3) is 0.190. The van der Waals surface area contributed by atoms with Crippen molar-refractivity contribution in [3.8, 4) is 5.75 Å². The highest BCUT2D eigenvalue weighted by molar-refractivity contribution is 8.18. The van der Waals surface area contributed by atoms with Crippen LogP contribution >= 0.6 is 11.8 Å². The van der Waals surface area contributed by atoms with Crippen LogP contribution in [0.3, 0.4) is 0 Å². The third-order valence-electron chi connectivity index (χ3n) is 4.62. The van der Waals surface area contributed by atoms with Gasteiger partial charge in [0.25, 0.3) is 17.1 Å². The lowest BCUT2D eigenvalue weighted by atomic mass is 10.1. The van der Waals surface area contributed by atoms with Crippen molar-refractivity contribution in [1.82, 2.24) is 10.2 Å². The summed E-state index contributed by atoms with van der Waals surface area (Å²) >= 11 is 0.824. The maximum Gasteiger partial charge on any atom is 0.293 e. The van der Waals surface area contributed by atoms with Gasteiger partial charge in [0.05, 0.1) is 4.91 Å². The number of halogens is 1. The van der Waals surface area contributed by atoms with Crippen molar-refractivity contribution in [2.24, 2.45) is 0 Å². The monoisotopic (exact) mass is 412 g/mol. The highest BCUT2D eigenvalue weighted by atomic mass is 32.2. The minimum atomic E-state index is -0.610. The summed E-state index contributed by atoms with van der Waals surface area (Å²) in [5, 5.41) is 2.32. The van der Waals surface area contributed by atoms with Crippen molar-refractivity contribution in [2.45, 2.75) is 12.5 Å². The van der Waals surface area contributed by atoms with Crippen LogP contribution in [0.1, 0.15) is 11.1 Å². The van der Waals surface area contributed by atoms with Crippen molar-refractivity contribution in [3.05, 3.63) is 70.4 Å². The first-order valence-corrected chi connectivity index (χ1v) is 9.86. The third kappa shape index (κ3) is 4.17. The van der Waals surface area contributed by atoms with Gasteiger partial charge in [-0.25, -0.2) is 4.39 Å². The number of thioether (sulfide) groups is 1. The van der Waals surface area contributed by atoms with E-state index in [1.165, 1.54) is 24.3 Å². The maximum absolute atomic E-state index is 13.0. The molecule has 2 aliphatic rings. The van der Waals surface area contributed by atoms with E-state index < -0.39 is 17.3 Å². The van der Waals surface area contributed by atoms with E-state index in [1.807, 2.05) is 24.3 Å². The van der Waals surface area contributed by atoms with Gasteiger partial charge >= 0.3 is 0 Å². The molecule has 1 unspecified atom stereocenters. The van der Waals surface area contributed by atoms with E-state index in [9.17, 15) is 18.8 Å². The van der Waals surface area contributed by atoms with E-state index in [0.29, 0.717) is 17.7 Å². The molecule has 4 rings (SSSR count). The Morgan fingerprint density at radius 1 is 1.21 bits per heavy atom. The third-order valence-corrected chi connectivity index (χ3v) is 5.52. The van der Waals surface area contributed by atoms with Crippen LogP contribution in [-0.2, 0) is 16.0 Å². The second-order valence-corrected chi connectivity index (χ2v) is 7.59. The highest BCUT2D eigenvalue weighted by Crippen LogP contribution is 2.32. The molecule has 1 atom stereocenters. The van der Waals surface area contributed by atoms with Gasteiger partial charge in [0.15, 0.2) is 6.10 Å². The molecule has 2 aromatic carbocycles. The van der Waals surface area contributed by atoms with Crippen LogP contribution in [0.25, 0.3) is 6.08 Å². The number of nitrogens with zero attached hydrogens (tertiary/aromatic N) is 1. The summed E-state index contributed by atoms with van der Waals surface area (Å²) < 4.78 is 18.6. The van der Waals surface area contributed by atoms with Crippen molar-refractivity contribution in [1.29, 1.82) is 0 Å². The standard InChI is InChI=1S/C21H17FN2O4S/c22-15-7-5-13(6-8-15)11-18-20(26)24(21(27)29-18)10-9-23-19(25)17-12-14-3-1-2-4-16(14)28-17/h1-8,11,17H,9-10,12H2,(H,23,25)/b18-11-. The number of amides is 3. The summed E-state index contributed by atoms with van der Waals surface area (Å²) in [6, 6.07) is 13.1. The number of hydrogen-bond acceptors (Lipinski definition) is 5. The number of hydrogen-bond donors (Lipinski definition) is 1. The van der Waals surface area contributed by atoms with Crippen molar-refractivity contribution < 1.29 is 23.5 Å². The zero-order valence-corrected chi connectivity index (χ0v) is 16.1. The minimum absolute atomic E-state index is 0.0663. The molecule has 2 aromatic rings. The van der Waals surface area contributed by atoms with Gasteiger partial charge in [-0.2, -0.15) is 0 Å². The van der Waals surface area contributed by atoms with Gasteiger partial charge in [-0.3, -0.25) is 19.3 Å². The van der Waals surface area contributed by atoms with Crippen LogP contribution in [-0.4, -0.2) is 41.1 Å². The maximum atomic E-state index is 13.0. The smallest absolute Gasteiger partial charge is 0.293 e. The second-order valence-electron chi connectivity index (χ2n) is 6.59. The summed E-state index contributed by atoms with van der Waals surface area (Å²) in [6.45, 7) is 0.202. The molecule has 6 nitrogen and oxygen atoms in total. The van der Waals surface area contributed by atoms with Gasteiger partial charge in [0.2, 0.25) is 0 Å². The zero-order valence-electron chi connectivity index (χ0n) is 15.3. The number of benzene rings is 2. The fourth-order valence-electron chi connectivity index (χ4n) is 3.14. The summed E-state index contributed by atoms with van der Waals surface area (Å²) in [7, 11) is 0. The van der Waals surface area contributed by atoms with E-state index in [0.717, 1.165) is 22.2 Å². The molecular formula is C21H17FN2O4S.